The second-order valence-corrected chi connectivity index (χ2v) is 2.77. The monoisotopic (exact) mass is 195 g/mol. The molecule has 0 fully saturated rings. The molecule has 0 spiro atoms. The fraction of sp³-hybridized carbons (Fsp3) is 1.00. The summed E-state index contributed by atoms with van der Waals surface area (Å²) >= 11 is 0. The highest BCUT2D eigenvalue weighted by Crippen LogP contribution is 2.20. The van der Waals surface area contributed by atoms with Gasteiger partial charge >= 0.3 is 5.51 Å². The van der Waals surface area contributed by atoms with Crippen molar-refractivity contribution in [2.75, 3.05) is 6.54 Å². The van der Waals surface area contributed by atoms with Crippen LogP contribution in [0.15, 0.2) is 0 Å². The molecule has 0 saturated heterocycles. The molecule has 0 aromatic rings. The van der Waals surface area contributed by atoms with E-state index in [0.29, 0.717) is 0 Å². The van der Waals surface area contributed by atoms with E-state index in [4.69, 9.17) is 13.0 Å². The van der Waals surface area contributed by atoms with Crippen molar-refractivity contribution in [1.82, 2.24) is 0 Å². The van der Waals surface area contributed by atoms with Crippen molar-refractivity contribution >= 4 is 10.1 Å². The van der Waals surface area contributed by atoms with Crippen molar-refractivity contribution in [3.8, 4) is 0 Å². The fourth-order valence-electron chi connectivity index (χ4n) is 0. The van der Waals surface area contributed by atoms with Gasteiger partial charge in [0.1, 0.15) is 0 Å². The van der Waals surface area contributed by atoms with Gasteiger partial charge in [-0.2, -0.15) is 13.2 Å². The quantitative estimate of drug-likeness (QED) is 0.409. The van der Waals surface area contributed by atoms with E-state index in [-0.39, 0.29) is 0 Å². The van der Waals surface area contributed by atoms with Crippen molar-refractivity contribution in [3.05, 3.63) is 0 Å². The predicted molar refractivity (Wildman–Crippen MR) is 29.2 cm³/mol. The Morgan fingerprint density at radius 2 is 1.55 bits per heavy atom. The van der Waals surface area contributed by atoms with Crippen LogP contribution >= 0.6 is 0 Å². The second-order valence-electron chi connectivity index (χ2n) is 1.40. The third-order valence-electron chi connectivity index (χ3n) is 0.283. The van der Waals surface area contributed by atoms with E-state index in [2.05, 4.69) is 5.73 Å². The van der Waals surface area contributed by atoms with Crippen LogP contribution in [0.3, 0.4) is 0 Å². The van der Waals surface area contributed by atoms with Gasteiger partial charge < -0.3 is 10.3 Å². The maximum absolute atomic E-state index is 10.7. The zero-order valence-corrected chi connectivity index (χ0v) is 6.50. The molecule has 0 aliphatic rings. The summed E-state index contributed by atoms with van der Waals surface area (Å²) in [5, 5.41) is 0. The first-order valence-corrected chi connectivity index (χ1v) is 3.89. The lowest BCUT2D eigenvalue weighted by atomic mass is 10.8. The number of quaternary nitrogens is 1. The summed E-state index contributed by atoms with van der Waals surface area (Å²) in [6.45, 7) is 3.01. The van der Waals surface area contributed by atoms with E-state index < -0.39 is 15.6 Å². The Morgan fingerprint density at radius 1 is 1.45 bits per heavy atom. The maximum atomic E-state index is 10.7. The van der Waals surface area contributed by atoms with Crippen LogP contribution in [0, 0.1) is 0 Å². The lowest BCUT2D eigenvalue weighted by molar-refractivity contribution is -0.361. The molecule has 0 bridgehead atoms. The van der Waals surface area contributed by atoms with E-state index >= 15 is 0 Å². The molecule has 0 aromatic heterocycles. The highest BCUT2D eigenvalue weighted by Gasteiger charge is 2.36. The summed E-state index contributed by atoms with van der Waals surface area (Å²) in [6, 6.07) is 0. The zero-order valence-electron chi connectivity index (χ0n) is 5.68. The minimum absolute atomic E-state index is 1.00. The van der Waals surface area contributed by atoms with Crippen LogP contribution < -0.4 is 5.73 Å². The maximum Gasteiger partial charge on any atom is 0.485 e. The molecule has 4 nitrogen and oxygen atoms in total. The van der Waals surface area contributed by atoms with Crippen molar-refractivity contribution in [2.45, 2.75) is 12.4 Å². The van der Waals surface area contributed by atoms with Gasteiger partial charge in [0.15, 0.2) is 10.1 Å². The zero-order chi connectivity index (χ0) is 9.71. The minimum Gasteiger partial charge on any atom is -0.741 e. The number of rotatable bonds is 0. The number of alkyl halides is 3. The first kappa shape index (κ1) is 13.3. The van der Waals surface area contributed by atoms with Gasteiger partial charge in [0.2, 0.25) is 0 Å². The van der Waals surface area contributed by atoms with Gasteiger partial charge in [-0.15, -0.1) is 0 Å². The topological polar surface area (TPSA) is 84.8 Å². The highest BCUT2D eigenvalue weighted by molar-refractivity contribution is 7.86. The molecule has 0 aromatic carbocycles. The predicted octanol–water partition coefficient (Wildman–Crippen LogP) is -0.700. The molecule has 70 valence electrons. The Kier molecular flexibility index (Phi) is 5.45. The molecule has 0 radical (unpaired) electrons. The third kappa shape index (κ3) is 7.56. The fourth-order valence-corrected chi connectivity index (χ4v) is 0. The number of halogens is 3. The van der Waals surface area contributed by atoms with Crippen LogP contribution in [-0.2, 0) is 10.1 Å². The normalized spacial score (nSPS) is 11.8. The average molecular weight is 195 g/mol. The van der Waals surface area contributed by atoms with Gasteiger partial charge in [0.05, 0.1) is 6.54 Å². The molecule has 0 aliphatic heterocycles. The Bertz CT molecular complexity index is 184. The van der Waals surface area contributed by atoms with Gasteiger partial charge in [0.25, 0.3) is 0 Å². The van der Waals surface area contributed by atoms with E-state index in [1.807, 2.05) is 6.92 Å². The Hall–Kier alpha value is -0.340. The summed E-state index contributed by atoms with van der Waals surface area (Å²) in [4.78, 5) is 0. The molecule has 0 aliphatic carbocycles. The largest absolute Gasteiger partial charge is 0.741 e. The van der Waals surface area contributed by atoms with Crippen molar-refractivity contribution in [1.29, 1.82) is 0 Å². The summed E-state index contributed by atoms with van der Waals surface area (Å²) in [7, 11) is -6.09. The molecule has 0 rings (SSSR count). The molecule has 0 atom stereocenters. The first-order chi connectivity index (χ1) is 4.66. The summed E-state index contributed by atoms with van der Waals surface area (Å²) in [5.74, 6) is 0. The molecule has 0 heterocycles. The SMILES string of the molecule is CC[NH3+].O=S(=O)([O-])C(F)(F)F. The third-order valence-corrected chi connectivity index (χ3v) is 0.850. The van der Waals surface area contributed by atoms with Crippen LogP contribution in [0.25, 0.3) is 0 Å². The van der Waals surface area contributed by atoms with Gasteiger partial charge in [-0.25, -0.2) is 8.42 Å². The summed E-state index contributed by atoms with van der Waals surface area (Å²) < 4.78 is 58.9. The van der Waals surface area contributed by atoms with Crippen LogP contribution in [0.2, 0.25) is 0 Å². The molecule has 0 saturated carbocycles. The van der Waals surface area contributed by atoms with E-state index in [1.165, 1.54) is 0 Å². The van der Waals surface area contributed by atoms with Crippen molar-refractivity contribution < 1.29 is 31.9 Å². The van der Waals surface area contributed by atoms with Crippen LogP contribution in [0.5, 0.6) is 0 Å². The van der Waals surface area contributed by atoms with Gasteiger partial charge in [-0.1, -0.05) is 0 Å². The average Bonchev–Trinajstić information content (AvgIpc) is 1.60. The molecule has 3 N–H and O–H groups in total. The van der Waals surface area contributed by atoms with E-state index in [0.717, 1.165) is 6.54 Å². The van der Waals surface area contributed by atoms with Gasteiger partial charge in [-0.3, -0.25) is 0 Å². The highest BCUT2D eigenvalue weighted by atomic mass is 32.2. The van der Waals surface area contributed by atoms with Crippen LogP contribution in [-0.4, -0.2) is 25.0 Å². The Morgan fingerprint density at radius 3 is 1.55 bits per heavy atom. The molecule has 11 heavy (non-hydrogen) atoms. The summed E-state index contributed by atoms with van der Waals surface area (Å²) in [5.41, 5.74) is -2.16. The lowest BCUT2D eigenvalue weighted by Gasteiger charge is -2.08. The lowest BCUT2D eigenvalue weighted by Crippen LogP contribution is -2.48. The molecule has 8 heteroatoms. The minimum atomic E-state index is -6.09. The van der Waals surface area contributed by atoms with Gasteiger partial charge in [-0.05, 0) is 6.92 Å². The number of hydrogen-bond acceptors (Lipinski definition) is 3. The van der Waals surface area contributed by atoms with E-state index in [9.17, 15) is 13.2 Å². The van der Waals surface area contributed by atoms with Crippen molar-refractivity contribution in [3.63, 3.8) is 0 Å². The molecule has 0 amide bonds. The standard InChI is InChI=1S/C2H7N.CHF3O3S/c1-2-3;2-1(3,4)8(5,6)7/h2-3H2,1H3;(H,5,6,7). The number of hydrogen-bond donors (Lipinski definition) is 1. The smallest absolute Gasteiger partial charge is 0.485 e. The Labute approximate surface area is 61.9 Å². The second kappa shape index (κ2) is 4.52. The first-order valence-electron chi connectivity index (χ1n) is 2.48. The van der Waals surface area contributed by atoms with Gasteiger partial charge in [0, 0.05) is 0 Å². The van der Waals surface area contributed by atoms with E-state index in [1.54, 1.807) is 0 Å². The van der Waals surface area contributed by atoms with Crippen LogP contribution in [0.4, 0.5) is 13.2 Å². The molecule has 0 unspecified atom stereocenters. The Balaban J connectivity index is 0. The molecular weight excluding hydrogens is 187 g/mol. The van der Waals surface area contributed by atoms with Crippen LogP contribution in [0.1, 0.15) is 6.92 Å². The van der Waals surface area contributed by atoms with Crippen molar-refractivity contribution in [2.24, 2.45) is 0 Å². The molecular formula is C3H8F3NO3S. The summed E-state index contributed by atoms with van der Waals surface area (Å²) in [6.07, 6.45) is 0.